The summed E-state index contributed by atoms with van der Waals surface area (Å²) in [5.41, 5.74) is 0.644. The van der Waals surface area contributed by atoms with Crippen molar-refractivity contribution >= 4 is 0 Å². The molecule has 0 aromatic rings. The van der Waals surface area contributed by atoms with Crippen molar-refractivity contribution in [1.82, 2.24) is 5.32 Å². The summed E-state index contributed by atoms with van der Waals surface area (Å²) in [6, 6.07) is 0.807. The van der Waals surface area contributed by atoms with E-state index < -0.39 is 0 Å². The smallest absolute Gasteiger partial charge is 0.00982 e. The van der Waals surface area contributed by atoms with E-state index in [-0.39, 0.29) is 0 Å². The van der Waals surface area contributed by atoms with Crippen LogP contribution in [0.1, 0.15) is 40.5 Å². The fourth-order valence-corrected chi connectivity index (χ4v) is 3.68. The second-order valence-corrected chi connectivity index (χ2v) is 5.62. The molecular formula is C12H23N. The Labute approximate surface area is 82.3 Å². The molecule has 0 saturated heterocycles. The van der Waals surface area contributed by atoms with Crippen LogP contribution in [0.4, 0.5) is 0 Å². The first-order chi connectivity index (χ1) is 6.07. The topological polar surface area (TPSA) is 12.0 Å². The summed E-state index contributed by atoms with van der Waals surface area (Å²) >= 11 is 0. The highest BCUT2D eigenvalue weighted by molar-refractivity contribution is 5.06. The largest absolute Gasteiger partial charge is 0.314 e. The minimum Gasteiger partial charge on any atom is -0.314 e. The number of fused-ring (bicyclic) bond motifs is 2. The third-order valence-electron chi connectivity index (χ3n) is 4.82. The molecule has 3 aliphatic rings. The van der Waals surface area contributed by atoms with Gasteiger partial charge in [0.05, 0.1) is 0 Å². The number of rotatable bonds is 2. The van der Waals surface area contributed by atoms with Gasteiger partial charge in [0.2, 0.25) is 0 Å². The fraction of sp³-hybridized carbons (Fsp3) is 1.00. The molecule has 1 nitrogen and oxygen atoms in total. The summed E-state index contributed by atoms with van der Waals surface area (Å²) in [5.74, 6) is 2.87. The molecule has 0 radical (unpaired) electrons. The molecule has 2 bridgehead atoms. The van der Waals surface area contributed by atoms with Crippen LogP contribution in [0.5, 0.6) is 0 Å². The second kappa shape index (κ2) is 2.98. The lowest BCUT2D eigenvalue weighted by Crippen LogP contribution is -2.59. The van der Waals surface area contributed by atoms with Crippen LogP contribution in [0.3, 0.4) is 0 Å². The third-order valence-corrected chi connectivity index (χ3v) is 4.82. The summed E-state index contributed by atoms with van der Waals surface area (Å²) in [5, 5.41) is 3.63. The monoisotopic (exact) mass is 181 g/mol. The molecule has 3 fully saturated rings. The normalized spacial score (nSPS) is 47.1. The van der Waals surface area contributed by atoms with Crippen LogP contribution < -0.4 is 5.32 Å². The van der Waals surface area contributed by atoms with E-state index in [1.165, 1.54) is 12.8 Å². The Morgan fingerprint density at radius 3 is 2.46 bits per heavy atom. The molecule has 0 amide bonds. The second-order valence-electron chi connectivity index (χ2n) is 5.62. The van der Waals surface area contributed by atoms with Gasteiger partial charge in [-0.05, 0) is 42.6 Å². The van der Waals surface area contributed by atoms with Gasteiger partial charge in [0, 0.05) is 6.04 Å². The van der Waals surface area contributed by atoms with Crippen molar-refractivity contribution in [2.75, 3.05) is 6.54 Å². The first-order valence-corrected chi connectivity index (χ1v) is 5.80. The van der Waals surface area contributed by atoms with Gasteiger partial charge in [0.25, 0.3) is 0 Å². The van der Waals surface area contributed by atoms with Gasteiger partial charge in [-0.1, -0.05) is 27.7 Å². The molecule has 3 aliphatic carbocycles. The lowest BCUT2D eigenvalue weighted by Gasteiger charge is -2.62. The first-order valence-electron chi connectivity index (χ1n) is 5.80. The predicted molar refractivity (Wildman–Crippen MR) is 56.6 cm³/mol. The SMILES string of the molecule is CCN[C@H]1C[C@H]2C[C@@H]([C@@H]1C)C2(C)C. The van der Waals surface area contributed by atoms with Crippen molar-refractivity contribution in [3.05, 3.63) is 0 Å². The maximum absolute atomic E-state index is 3.63. The lowest BCUT2D eigenvalue weighted by molar-refractivity contribution is -0.114. The molecule has 4 atom stereocenters. The molecule has 3 saturated carbocycles. The van der Waals surface area contributed by atoms with E-state index in [2.05, 4.69) is 33.0 Å². The molecule has 1 heteroatoms. The van der Waals surface area contributed by atoms with Gasteiger partial charge < -0.3 is 5.32 Å². The molecule has 76 valence electrons. The van der Waals surface area contributed by atoms with Crippen molar-refractivity contribution in [3.8, 4) is 0 Å². The predicted octanol–water partition coefficient (Wildman–Crippen LogP) is 2.67. The molecule has 0 aromatic carbocycles. The molecule has 0 spiro atoms. The molecule has 0 aromatic heterocycles. The zero-order valence-electron chi connectivity index (χ0n) is 9.43. The standard InChI is InChI=1S/C12H23N/c1-5-13-11-7-9-6-10(8(11)2)12(9,3)4/h8-11,13H,5-7H2,1-4H3/t8-,9+,10-,11-/m0/s1. The van der Waals surface area contributed by atoms with Crippen LogP contribution in [0.2, 0.25) is 0 Å². The van der Waals surface area contributed by atoms with Crippen LogP contribution >= 0.6 is 0 Å². The Bertz CT molecular complexity index is 197. The summed E-state index contributed by atoms with van der Waals surface area (Å²) < 4.78 is 0. The summed E-state index contributed by atoms with van der Waals surface area (Å²) in [7, 11) is 0. The van der Waals surface area contributed by atoms with E-state index in [0.29, 0.717) is 5.41 Å². The van der Waals surface area contributed by atoms with Crippen molar-refractivity contribution in [1.29, 1.82) is 0 Å². The Balaban J connectivity index is 2.03. The quantitative estimate of drug-likeness (QED) is 0.690. The maximum atomic E-state index is 3.63. The van der Waals surface area contributed by atoms with Crippen LogP contribution in [0.15, 0.2) is 0 Å². The highest BCUT2D eigenvalue weighted by atomic mass is 14.9. The molecular weight excluding hydrogens is 158 g/mol. The van der Waals surface area contributed by atoms with Crippen LogP contribution in [-0.2, 0) is 0 Å². The van der Waals surface area contributed by atoms with Gasteiger partial charge in [-0.2, -0.15) is 0 Å². The Kier molecular flexibility index (Phi) is 2.18. The molecule has 0 unspecified atom stereocenters. The Morgan fingerprint density at radius 1 is 1.31 bits per heavy atom. The van der Waals surface area contributed by atoms with Crippen LogP contribution in [0, 0.1) is 23.2 Å². The zero-order chi connectivity index (χ0) is 9.64. The van der Waals surface area contributed by atoms with Gasteiger partial charge in [-0.3, -0.25) is 0 Å². The van der Waals surface area contributed by atoms with Gasteiger partial charge in [-0.15, -0.1) is 0 Å². The maximum Gasteiger partial charge on any atom is 0.00982 e. The van der Waals surface area contributed by atoms with E-state index >= 15 is 0 Å². The van der Waals surface area contributed by atoms with E-state index in [1.807, 2.05) is 0 Å². The van der Waals surface area contributed by atoms with Gasteiger partial charge in [0.15, 0.2) is 0 Å². The molecule has 0 heterocycles. The highest BCUT2D eigenvalue weighted by Crippen LogP contribution is 2.61. The molecule has 3 rings (SSSR count). The van der Waals surface area contributed by atoms with Gasteiger partial charge in [-0.25, -0.2) is 0 Å². The summed E-state index contributed by atoms with van der Waals surface area (Å²) in [6.07, 6.45) is 2.91. The lowest BCUT2D eigenvalue weighted by atomic mass is 9.45. The average molecular weight is 181 g/mol. The third kappa shape index (κ3) is 1.24. The molecule has 13 heavy (non-hydrogen) atoms. The van der Waals surface area contributed by atoms with Crippen molar-refractivity contribution in [2.24, 2.45) is 23.2 Å². The minimum absolute atomic E-state index is 0.644. The number of nitrogens with one attached hydrogen (secondary N) is 1. The van der Waals surface area contributed by atoms with Crippen LogP contribution in [0.25, 0.3) is 0 Å². The van der Waals surface area contributed by atoms with E-state index in [1.54, 1.807) is 0 Å². The van der Waals surface area contributed by atoms with Crippen molar-refractivity contribution in [2.45, 2.75) is 46.6 Å². The average Bonchev–Trinajstić information content (AvgIpc) is 2.08. The van der Waals surface area contributed by atoms with E-state index in [0.717, 1.165) is 30.3 Å². The van der Waals surface area contributed by atoms with Crippen LogP contribution in [-0.4, -0.2) is 12.6 Å². The Morgan fingerprint density at radius 2 is 2.00 bits per heavy atom. The number of hydrogen-bond acceptors (Lipinski definition) is 1. The van der Waals surface area contributed by atoms with E-state index in [9.17, 15) is 0 Å². The fourth-order valence-electron chi connectivity index (χ4n) is 3.68. The first kappa shape index (κ1) is 9.51. The molecule has 1 N–H and O–H groups in total. The summed E-state index contributed by atoms with van der Waals surface area (Å²) in [4.78, 5) is 0. The van der Waals surface area contributed by atoms with E-state index in [4.69, 9.17) is 0 Å². The highest BCUT2D eigenvalue weighted by Gasteiger charge is 2.55. The summed E-state index contributed by atoms with van der Waals surface area (Å²) in [6.45, 7) is 10.7. The molecule has 0 aliphatic heterocycles. The van der Waals surface area contributed by atoms with Gasteiger partial charge in [0.1, 0.15) is 0 Å². The number of hydrogen-bond donors (Lipinski definition) is 1. The zero-order valence-corrected chi connectivity index (χ0v) is 9.43. The minimum atomic E-state index is 0.644. The van der Waals surface area contributed by atoms with Gasteiger partial charge >= 0.3 is 0 Å². The van der Waals surface area contributed by atoms with Crippen molar-refractivity contribution < 1.29 is 0 Å². The Hall–Kier alpha value is -0.0400. The van der Waals surface area contributed by atoms with Crippen molar-refractivity contribution in [3.63, 3.8) is 0 Å².